The quantitative estimate of drug-likeness (QED) is 0.797. The van der Waals surface area contributed by atoms with Gasteiger partial charge in [-0.05, 0) is 25.5 Å². The zero-order valence-corrected chi connectivity index (χ0v) is 13.1. The standard InChI is InChI=1S/C15H19NOS2/c1-3-4-13-14(10-18)19-15(16-13)9-17-12-7-5-11(2)6-8-12/h5-8,18H,3-4,9-10H2,1-2H3. The zero-order chi connectivity index (χ0) is 13.7. The second-order valence-electron chi connectivity index (χ2n) is 4.49. The van der Waals surface area contributed by atoms with Gasteiger partial charge in [-0.15, -0.1) is 11.3 Å². The fourth-order valence-electron chi connectivity index (χ4n) is 1.83. The highest BCUT2D eigenvalue weighted by atomic mass is 32.1. The second kappa shape index (κ2) is 6.96. The lowest BCUT2D eigenvalue weighted by molar-refractivity contribution is 0.305. The van der Waals surface area contributed by atoms with E-state index in [1.54, 1.807) is 11.3 Å². The first-order chi connectivity index (χ1) is 9.22. The lowest BCUT2D eigenvalue weighted by Gasteiger charge is -2.03. The molecule has 0 radical (unpaired) electrons. The Kier molecular flexibility index (Phi) is 5.28. The minimum atomic E-state index is 0.540. The van der Waals surface area contributed by atoms with Crippen LogP contribution in [-0.4, -0.2) is 4.98 Å². The molecule has 0 fully saturated rings. The highest BCUT2D eigenvalue weighted by molar-refractivity contribution is 7.79. The predicted octanol–water partition coefficient (Wildman–Crippen LogP) is 4.41. The van der Waals surface area contributed by atoms with Crippen LogP contribution in [0.5, 0.6) is 5.75 Å². The van der Waals surface area contributed by atoms with E-state index in [0.29, 0.717) is 6.61 Å². The van der Waals surface area contributed by atoms with E-state index < -0.39 is 0 Å². The number of benzene rings is 1. The molecule has 0 aliphatic carbocycles. The van der Waals surface area contributed by atoms with Crippen LogP contribution in [0, 0.1) is 6.92 Å². The number of rotatable bonds is 6. The van der Waals surface area contributed by atoms with Gasteiger partial charge in [0.05, 0.1) is 5.69 Å². The summed E-state index contributed by atoms with van der Waals surface area (Å²) in [5.74, 6) is 1.66. The molecule has 0 unspecified atom stereocenters. The topological polar surface area (TPSA) is 22.1 Å². The van der Waals surface area contributed by atoms with E-state index in [4.69, 9.17) is 4.74 Å². The molecule has 0 atom stereocenters. The van der Waals surface area contributed by atoms with Crippen LogP contribution in [0.25, 0.3) is 0 Å². The molecule has 19 heavy (non-hydrogen) atoms. The van der Waals surface area contributed by atoms with Crippen molar-refractivity contribution in [2.24, 2.45) is 0 Å². The molecule has 0 aliphatic heterocycles. The van der Waals surface area contributed by atoms with Crippen molar-refractivity contribution in [2.75, 3.05) is 0 Å². The maximum Gasteiger partial charge on any atom is 0.140 e. The molecule has 1 aromatic heterocycles. The number of hydrogen-bond donors (Lipinski definition) is 1. The van der Waals surface area contributed by atoms with Gasteiger partial charge in [-0.25, -0.2) is 4.98 Å². The average Bonchev–Trinajstić information content (AvgIpc) is 2.81. The number of aromatic nitrogens is 1. The third-order valence-corrected chi connectivity index (χ3v) is 4.44. The fourth-order valence-corrected chi connectivity index (χ4v) is 3.10. The molecule has 102 valence electrons. The Balaban J connectivity index is 2.01. The summed E-state index contributed by atoms with van der Waals surface area (Å²) in [6, 6.07) is 8.10. The van der Waals surface area contributed by atoms with Crippen molar-refractivity contribution in [3.8, 4) is 5.75 Å². The number of thiazole rings is 1. The van der Waals surface area contributed by atoms with Crippen molar-refractivity contribution in [3.05, 3.63) is 45.4 Å². The van der Waals surface area contributed by atoms with Gasteiger partial charge in [0.25, 0.3) is 0 Å². The summed E-state index contributed by atoms with van der Waals surface area (Å²) in [5.41, 5.74) is 2.43. The van der Waals surface area contributed by atoms with Crippen LogP contribution >= 0.6 is 24.0 Å². The Morgan fingerprint density at radius 2 is 2.00 bits per heavy atom. The maximum absolute atomic E-state index is 5.76. The van der Waals surface area contributed by atoms with Crippen molar-refractivity contribution in [3.63, 3.8) is 0 Å². The van der Waals surface area contributed by atoms with E-state index in [-0.39, 0.29) is 0 Å². The molecule has 2 rings (SSSR count). The minimum absolute atomic E-state index is 0.540. The molecular weight excluding hydrogens is 274 g/mol. The van der Waals surface area contributed by atoms with E-state index >= 15 is 0 Å². The molecule has 2 aromatic rings. The van der Waals surface area contributed by atoms with Crippen LogP contribution in [0.3, 0.4) is 0 Å². The van der Waals surface area contributed by atoms with Crippen LogP contribution in [0.2, 0.25) is 0 Å². The summed E-state index contributed by atoms with van der Waals surface area (Å²) in [6.07, 6.45) is 2.14. The Morgan fingerprint density at radius 3 is 2.63 bits per heavy atom. The highest BCUT2D eigenvalue weighted by Gasteiger charge is 2.09. The maximum atomic E-state index is 5.76. The molecule has 0 bridgehead atoms. The van der Waals surface area contributed by atoms with Crippen LogP contribution in [-0.2, 0) is 18.8 Å². The van der Waals surface area contributed by atoms with Crippen molar-refractivity contribution in [1.29, 1.82) is 0 Å². The van der Waals surface area contributed by atoms with Gasteiger partial charge >= 0.3 is 0 Å². The number of aryl methyl sites for hydroxylation is 2. The van der Waals surface area contributed by atoms with Gasteiger partial charge in [0.1, 0.15) is 17.4 Å². The third-order valence-electron chi connectivity index (χ3n) is 2.84. The SMILES string of the molecule is CCCc1nc(COc2ccc(C)cc2)sc1CS. The average molecular weight is 293 g/mol. The van der Waals surface area contributed by atoms with Crippen molar-refractivity contribution in [1.82, 2.24) is 4.98 Å². The molecule has 1 heterocycles. The largest absolute Gasteiger partial charge is 0.486 e. The van der Waals surface area contributed by atoms with Crippen LogP contribution in [0.1, 0.15) is 34.5 Å². The summed E-state index contributed by atoms with van der Waals surface area (Å²) >= 11 is 6.07. The van der Waals surface area contributed by atoms with Crippen LogP contribution in [0.15, 0.2) is 24.3 Å². The Labute approximate surface area is 124 Å². The highest BCUT2D eigenvalue weighted by Crippen LogP contribution is 2.23. The smallest absolute Gasteiger partial charge is 0.140 e. The summed E-state index contributed by atoms with van der Waals surface area (Å²) < 4.78 is 5.76. The monoisotopic (exact) mass is 293 g/mol. The van der Waals surface area contributed by atoms with E-state index in [2.05, 4.69) is 43.6 Å². The predicted molar refractivity (Wildman–Crippen MR) is 84.3 cm³/mol. The number of ether oxygens (including phenoxy) is 1. The third kappa shape index (κ3) is 3.98. The molecule has 2 nitrogen and oxygen atoms in total. The van der Waals surface area contributed by atoms with Crippen molar-refractivity contribution >= 4 is 24.0 Å². The van der Waals surface area contributed by atoms with Crippen LogP contribution < -0.4 is 4.74 Å². The Hall–Kier alpha value is -1.00. The lowest BCUT2D eigenvalue weighted by atomic mass is 10.2. The molecule has 0 spiro atoms. The van der Waals surface area contributed by atoms with Gasteiger partial charge in [0.15, 0.2) is 0 Å². The van der Waals surface area contributed by atoms with E-state index in [0.717, 1.165) is 29.4 Å². The second-order valence-corrected chi connectivity index (χ2v) is 5.97. The van der Waals surface area contributed by atoms with E-state index in [1.807, 2.05) is 12.1 Å². The molecule has 0 saturated carbocycles. The number of nitrogens with zero attached hydrogens (tertiary/aromatic N) is 1. The molecule has 1 aromatic carbocycles. The first kappa shape index (κ1) is 14.4. The summed E-state index contributed by atoms with van der Waals surface area (Å²) in [4.78, 5) is 5.92. The zero-order valence-electron chi connectivity index (χ0n) is 11.3. The number of hydrogen-bond acceptors (Lipinski definition) is 4. The van der Waals surface area contributed by atoms with Gasteiger partial charge < -0.3 is 4.74 Å². The summed E-state index contributed by atoms with van der Waals surface area (Å²) in [6.45, 7) is 4.78. The Bertz CT molecular complexity index is 519. The molecule has 0 amide bonds. The van der Waals surface area contributed by atoms with Crippen molar-refractivity contribution in [2.45, 2.75) is 39.0 Å². The summed E-state index contributed by atoms with van der Waals surface area (Å²) in [5, 5.41) is 1.04. The van der Waals surface area contributed by atoms with Crippen LogP contribution in [0.4, 0.5) is 0 Å². The Morgan fingerprint density at radius 1 is 1.26 bits per heavy atom. The minimum Gasteiger partial charge on any atom is -0.486 e. The lowest BCUT2D eigenvalue weighted by Crippen LogP contribution is -1.95. The van der Waals surface area contributed by atoms with Gasteiger partial charge in [0, 0.05) is 10.6 Å². The molecular formula is C15H19NOS2. The van der Waals surface area contributed by atoms with Crippen molar-refractivity contribution < 1.29 is 4.74 Å². The van der Waals surface area contributed by atoms with Gasteiger partial charge in [-0.1, -0.05) is 31.0 Å². The number of thiol groups is 1. The first-order valence-corrected chi connectivity index (χ1v) is 7.95. The van der Waals surface area contributed by atoms with Gasteiger partial charge in [-0.3, -0.25) is 0 Å². The van der Waals surface area contributed by atoms with E-state index in [9.17, 15) is 0 Å². The normalized spacial score (nSPS) is 10.7. The molecule has 0 aliphatic rings. The fraction of sp³-hybridized carbons (Fsp3) is 0.400. The summed E-state index contributed by atoms with van der Waals surface area (Å²) in [7, 11) is 0. The van der Waals surface area contributed by atoms with E-state index in [1.165, 1.54) is 16.1 Å². The molecule has 0 N–H and O–H groups in total. The molecule has 4 heteroatoms. The van der Waals surface area contributed by atoms with Gasteiger partial charge in [0.2, 0.25) is 0 Å². The molecule has 0 saturated heterocycles. The van der Waals surface area contributed by atoms with Gasteiger partial charge in [-0.2, -0.15) is 12.6 Å². The first-order valence-electron chi connectivity index (χ1n) is 6.50.